The van der Waals surface area contributed by atoms with Gasteiger partial charge in [-0.3, -0.25) is 4.79 Å². The number of fused-ring (bicyclic) bond motifs is 1. The number of carboxylic acid groups (broad SMARTS) is 1. The van der Waals surface area contributed by atoms with Gasteiger partial charge in [-0.05, 0) is 60.4 Å². The molecule has 0 radical (unpaired) electrons. The highest BCUT2D eigenvalue weighted by molar-refractivity contribution is 5.73. The van der Waals surface area contributed by atoms with E-state index in [0.717, 1.165) is 38.1 Å². The van der Waals surface area contributed by atoms with E-state index in [0.29, 0.717) is 17.8 Å². The molecule has 8 nitrogen and oxygen atoms in total. The van der Waals surface area contributed by atoms with E-state index >= 15 is 0 Å². The first-order valence-electron chi connectivity index (χ1n) is 7.41. The predicted octanol–water partition coefficient (Wildman–Crippen LogP) is -0.213. The van der Waals surface area contributed by atoms with Crippen molar-refractivity contribution in [3.63, 3.8) is 0 Å². The molecule has 1 aliphatic carbocycles. The number of H-pyrrole nitrogens is 1. The second-order valence-electron chi connectivity index (χ2n) is 6.12. The van der Waals surface area contributed by atoms with Gasteiger partial charge in [0.1, 0.15) is 11.9 Å². The van der Waals surface area contributed by atoms with Crippen molar-refractivity contribution in [3.8, 4) is 0 Å². The van der Waals surface area contributed by atoms with Crippen molar-refractivity contribution in [1.29, 1.82) is 0 Å². The summed E-state index contributed by atoms with van der Waals surface area (Å²) in [6, 6.07) is -0.353. The molecule has 1 aliphatic heterocycles. The van der Waals surface area contributed by atoms with Crippen LogP contribution in [-0.4, -0.2) is 49.8 Å². The van der Waals surface area contributed by atoms with Crippen molar-refractivity contribution in [3.05, 3.63) is 5.82 Å². The summed E-state index contributed by atoms with van der Waals surface area (Å²) in [5, 5.41) is 26.2. The van der Waals surface area contributed by atoms with Gasteiger partial charge in [0.15, 0.2) is 0 Å². The Kier molecular flexibility index (Phi) is 5.24. The van der Waals surface area contributed by atoms with Crippen molar-refractivity contribution in [2.45, 2.75) is 44.6 Å². The molecule has 4 unspecified atom stereocenters. The summed E-state index contributed by atoms with van der Waals surface area (Å²) in [5.41, 5.74) is 0. The van der Waals surface area contributed by atoms with Gasteiger partial charge < -0.3 is 15.9 Å². The maximum Gasteiger partial charge on any atom is 0.320 e. The molecule has 0 amide bonds. The van der Waals surface area contributed by atoms with Crippen LogP contribution in [0, 0.1) is 17.8 Å². The average molecular weight is 297 g/mol. The molecule has 0 aromatic carbocycles. The molecule has 2 fully saturated rings. The average Bonchev–Trinajstić information content (AvgIpc) is 2.97. The quantitative estimate of drug-likeness (QED) is 0.703. The minimum atomic E-state index is -0.710. The normalized spacial score (nSPS) is 32.0. The van der Waals surface area contributed by atoms with Crippen LogP contribution in [0.5, 0.6) is 0 Å². The number of nitrogens with one attached hydrogen (secondary N) is 2. The van der Waals surface area contributed by atoms with Gasteiger partial charge in [0.25, 0.3) is 0 Å². The van der Waals surface area contributed by atoms with E-state index in [9.17, 15) is 4.79 Å². The SMILES string of the molecule is O.O=C(O)C1CC2CC(CCc3nnn[nH]3)CCC2CN1. The first-order valence-corrected chi connectivity index (χ1v) is 7.41. The van der Waals surface area contributed by atoms with E-state index in [2.05, 4.69) is 25.9 Å². The predicted molar refractivity (Wildman–Crippen MR) is 74.5 cm³/mol. The van der Waals surface area contributed by atoms with Gasteiger partial charge in [0.2, 0.25) is 0 Å². The molecular weight excluding hydrogens is 274 g/mol. The van der Waals surface area contributed by atoms with Crippen molar-refractivity contribution < 1.29 is 15.4 Å². The molecule has 21 heavy (non-hydrogen) atoms. The summed E-state index contributed by atoms with van der Waals surface area (Å²) in [6.45, 7) is 0.861. The number of piperidine rings is 1. The number of aryl methyl sites for hydroxylation is 1. The summed E-state index contributed by atoms with van der Waals surface area (Å²) in [7, 11) is 0. The largest absolute Gasteiger partial charge is 0.480 e. The molecule has 4 atom stereocenters. The summed E-state index contributed by atoms with van der Waals surface area (Å²) < 4.78 is 0. The Morgan fingerprint density at radius 1 is 1.29 bits per heavy atom. The zero-order valence-electron chi connectivity index (χ0n) is 12.0. The van der Waals surface area contributed by atoms with Crippen molar-refractivity contribution in [1.82, 2.24) is 25.9 Å². The Hall–Kier alpha value is -1.54. The zero-order chi connectivity index (χ0) is 13.9. The van der Waals surface area contributed by atoms with Crippen molar-refractivity contribution in [2.24, 2.45) is 17.8 Å². The maximum atomic E-state index is 11.1. The first-order chi connectivity index (χ1) is 9.72. The summed E-state index contributed by atoms with van der Waals surface area (Å²) in [4.78, 5) is 11.1. The number of hydrogen-bond donors (Lipinski definition) is 3. The standard InChI is InChI=1S/C13H21N5O2.H2O/c19-13(20)11-6-10-5-8(1-3-9(10)7-14-11)2-4-12-15-17-18-16-12;/h8-11,14H,1-7H2,(H,19,20)(H,15,16,17,18);1H2. The van der Waals surface area contributed by atoms with Crippen LogP contribution in [-0.2, 0) is 11.2 Å². The molecule has 8 heteroatoms. The maximum absolute atomic E-state index is 11.1. The number of carboxylic acids is 1. The summed E-state index contributed by atoms with van der Waals surface area (Å²) >= 11 is 0. The Labute approximate surface area is 123 Å². The van der Waals surface area contributed by atoms with E-state index in [4.69, 9.17) is 5.11 Å². The fourth-order valence-corrected chi connectivity index (χ4v) is 3.74. The van der Waals surface area contributed by atoms with Crippen LogP contribution in [0.4, 0.5) is 0 Å². The number of nitrogens with zero attached hydrogens (tertiary/aromatic N) is 3. The van der Waals surface area contributed by atoms with Crippen molar-refractivity contribution >= 4 is 5.97 Å². The summed E-state index contributed by atoms with van der Waals surface area (Å²) in [5.74, 6) is 2.03. The number of aromatic nitrogens is 4. The Morgan fingerprint density at radius 2 is 2.14 bits per heavy atom. The van der Waals surface area contributed by atoms with Crippen molar-refractivity contribution in [2.75, 3.05) is 6.54 Å². The van der Waals surface area contributed by atoms with Gasteiger partial charge in [-0.2, -0.15) is 0 Å². The third kappa shape index (κ3) is 3.76. The van der Waals surface area contributed by atoms with E-state index in [1.54, 1.807) is 0 Å². The second-order valence-corrected chi connectivity index (χ2v) is 6.12. The first kappa shape index (κ1) is 15.8. The van der Waals surface area contributed by atoms with Gasteiger partial charge in [-0.15, -0.1) is 5.10 Å². The van der Waals surface area contributed by atoms with Gasteiger partial charge in [-0.25, -0.2) is 5.10 Å². The van der Waals surface area contributed by atoms with Crippen LogP contribution in [0.3, 0.4) is 0 Å². The van der Waals surface area contributed by atoms with Crippen LogP contribution >= 0.6 is 0 Å². The summed E-state index contributed by atoms with van der Waals surface area (Å²) in [6.07, 6.45) is 6.35. The van der Waals surface area contributed by atoms with Crippen LogP contribution in [0.2, 0.25) is 0 Å². The molecule has 2 heterocycles. The number of tetrazole rings is 1. The molecule has 5 N–H and O–H groups in total. The smallest absolute Gasteiger partial charge is 0.320 e. The molecule has 0 spiro atoms. The fourth-order valence-electron chi connectivity index (χ4n) is 3.74. The Bertz CT molecular complexity index is 453. The lowest BCUT2D eigenvalue weighted by atomic mass is 9.69. The third-order valence-electron chi connectivity index (χ3n) is 4.89. The molecule has 1 aromatic rings. The molecule has 3 rings (SSSR count). The molecule has 1 saturated carbocycles. The number of aliphatic carboxylic acids is 1. The minimum Gasteiger partial charge on any atom is -0.480 e. The van der Waals surface area contributed by atoms with Gasteiger partial charge >= 0.3 is 5.97 Å². The molecule has 118 valence electrons. The van der Waals surface area contributed by atoms with Crippen LogP contribution in [0.1, 0.15) is 37.9 Å². The zero-order valence-corrected chi connectivity index (χ0v) is 12.0. The topological polar surface area (TPSA) is 135 Å². The Morgan fingerprint density at radius 3 is 2.86 bits per heavy atom. The molecule has 0 bridgehead atoms. The van der Waals surface area contributed by atoms with Gasteiger partial charge in [-0.1, -0.05) is 6.42 Å². The van der Waals surface area contributed by atoms with Crippen LogP contribution < -0.4 is 5.32 Å². The Balaban J connectivity index is 0.00000161. The fraction of sp³-hybridized carbons (Fsp3) is 0.846. The monoisotopic (exact) mass is 297 g/mol. The lowest BCUT2D eigenvalue weighted by Gasteiger charge is -2.41. The van der Waals surface area contributed by atoms with E-state index in [1.165, 1.54) is 12.8 Å². The highest BCUT2D eigenvalue weighted by atomic mass is 16.4. The number of carbonyl (C=O) groups is 1. The lowest BCUT2D eigenvalue weighted by molar-refractivity contribution is -0.141. The van der Waals surface area contributed by atoms with E-state index in [1.807, 2.05) is 0 Å². The number of hydrogen-bond acceptors (Lipinski definition) is 5. The highest BCUT2D eigenvalue weighted by Crippen LogP contribution is 2.40. The minimum absolute atomic E-state index is 0. The molecular formula is C13H23N5O3. The third-order valence-corrected chi connectivity index (χ3v) is 4.89. The second kappa shape index (κ2) is 6.95. The van der Waals surface area contributed by atoms with E-state index < -0.39 is 5.97 Å². The molecule has 1 saturated heterocycles. The molecule has 2 aliphatic rings. The van der Waals surface area contributed by atoms with E-state index in [-0.39, 0.29) is 11.5 Å². The highest BCUT2D eigenvalue weighted by Gasteiger charge is 2.37. The van der Waals surface area contributed by atoms with Gasteiger partial charge in [0.05, 0.1) is 0 Å². The molecule has 1 aromatic heterocycles. The lowest BCUT2D eigenvalue weighted by Crippen LogP contribution is -2.49. The number of rotatable bonds is 4. The van der Waals surface area contributed by atoms with Gasteiger partial charge in [0, 0.05) is 6.42 Å². The number of aromatic amines is 1. The van der Waals surface area contributed by atoms with Crippen LogP contribution in [0.15, 0.2) is 0 Å². The van der Waals surface area contributed by atoms with Crippen LogP contribution in [0.25, 0.3) is 0 Å².